The maximum absolute atomic E-state index is 16.0. The molecule has 40 heavy (non-hydrogen) atoms. The fourth-order valence-electron chi connectivity index (χ4n) is 5.05. The molecular formula is C28H32FN5O6. The molecule has 4 heterocycles. The van der Waals surface area contributed by atoms with Crippen molar-refractivity contribution in [3.63, 3.8) is 0 Å². The van der Waals surface area contributed by atoms with Crippen LogP contribution in [0.25, 0.3) is 0 Å². The van der Waals surface area contributed by atoms with Crippen molar-refractivity contribution in [3.8, 4) is 5.88 Å². The predicted molar refractivity (Wildman–Crippen MR) is 140 cm³/mol. The van der Waals surface area contributed by atoms with Crippen molar-refractivity contribution in [1.29, 1.82) is 0 Å². The van der Waals surface area contributed by atoms with Crippen LogP contribution >= 0.6 is 0 Å². The summed E-state index contributed by atoms with van der Waals surface area (Å²) < 4.78 is 33.0. The van der Waals surface area contributed by atoms with Gasteiger partial charge in [0.25, 0.3) is 11.8 Å². The van der Waals surface area contributed by atoms with E-state index in [2.05, 4.69) is 5.10 Å². The molecule has 1 aromatic carbocycles. The number of hydrogen-bond acceptors (Lipinski definition) is 8. The lowest BCUT2D eigenvalue weighted by Crippen LogP contribution is -2.51. The third-order valence-electron chi connectivity index (χ3n) is 7.46. The second-order valence-electron chi connectivity index (χ2n) is 9.98. The molecule has 12 heteroatoms. The number of ether oxygens (including phenoxy) is 2. The number of rotatable bonds is 8. The van der Waals surface area contributed by atoms with Gasteiger partial charge in [-0.3, -0.25) is 14.4 Å². The Kier molecular flexibility index (Phi) is 8.27. The molecule has 5 rings (SSSR count). The first-order valence-electron chi connectivity index (χ1n) is 13.3. The molecule has 2 atom stereocenters. The smallest absolute Gasteiger partial charge is 0.284 e. The maximum atomic E-state index is 16.0. The molecule has 2 fully saturated rings. The van der Waals surface area contributed by atoms with Crippen LogP contribution in [0.2, 0.25) is 0 Å². The molecule has 2 N–H and O–H groups in total. The van der Waals surface area contributed by atoms with Crippen LogP contribution in [-0.4, -0.2) is 76.7 Å². The van der Waals surface area contributed by atoms with Gasteiger partial charge in [0.1, 0.15) is 18.6 Å². The molecule has 11 nitrogen and oxygen atoms in total. The summed E-state index contributed by atoms with van der Waals surface area (Å²) in [5.74, 6) is -3.43. The van der Waals surface area contributed by atoms with Crippen LogP contribution in [0.15, 0.2) is 47.3 Å². The van der Waals surface area contributed by atoms with Crippen molar-refractivity contribution < 1.29 is 32.7 Å². The normalized spacial score (nSPS) is 19.6. The Morgan fingerprint density at radius 3 is 2.52 bits per heavy atom. The van der Waals surface area contributed by atoms with E-state index in [-0.39, 0.29) is 48.6 Å². The number of aromatic nitrogens is 2. The maximum Gasteiger partial charge on any atom is 0.284 e. The van der Waals surface area contributed by atoms with Gasteiger partial charge in [-0.1, -0.05) is 31.2 Å². The van der Waals surface area contributed by atoms with Crippen molar-refractivity contribution in [2.75, 3.05) is 39.4 Å². The number of morpholine rings is 1. The summed E-state index contributed by atoms with van der Waals surface area (Å²) in [6.45, 7) is 4.22. The monoisotopic (exact) mass is 553 g/mol. The first-order chi connectivity index (χ1) is 19.4. The second-order valence-corrected chi connectivity index (χ2v) is 9.98. The van der Waals surface area contributed by atoms with Crippen LogP contribution in [0, 0.1) is 11.7 Å². The van der Waals surface area contributed by atoms with Crippen molar-refractivity contribution in [1.82, 2.24) is 19.6 Å². The number of nitrogens with two attached hydrogens (primary N) is 1. The van der Waals surface area contributed by atoms with Crippen molar-refractivity contribution in [3.05, 3.63) is 71.1 Å². The minimum Gasteiger partial charge on any atom is -0.472 e. The molecule has 2 saturated heterocycles. The fourth-order valence-corrected chi connectivity index (χ4v) is 5.05. The minimum atomic E-state index is -0.794. The van der Waals surface area contributed by atoms with E-state index in [1.807, 2.05) is 24.3 Å². The van der Waals surface area contributed by atoms with E-state index in [9.17, 15) is 14.4 Å². The van der Waals surface area contributed by atoms with E-state index >= 15 is 4.39 Å². The Balaban J connectivity index is 1.36. The Morgan fingerprint density at radius 2 is 1.85 bits per heavy atom. The molecule has 2 unspecified atom stereocenters. The van der Waals surface area contributed by atoms with Gasteiger partial charge in [0.05, 0.1) is 31.6 Å². The Morgan fingerprint density at radius 1 is 1.12 bits per heavy atom. The number of carbonyl (C=O) groups excluding carboxylic acids is 3. The second kappa shape index (κ2) is 12.0. The van der Waals surface area contributed by atoms with E-state index in [0.717, 1.165) is 15.8 Å². The zero-order chi connectivity index (χ0) is 28.2. The van der Waals surface area contributed by atoms with E-state index < -0.39 is 23.6 Å². The lowest BCUT2D eigenvalue weighted by molar-refractivity contribution is -0.147. The molecule has 3 aromatic rings. The van der Waals surface area contributed by atoms with Crippen LogP contribution in [0.4, 0.5) is 4.39 Å². The highest BCUT2D eigenvalue weighted by Crippen LogP contribution is 2.37. The molecule has 0 bridgehead atoms. The lowest BCUT2D eigenvalue weighted by atomic mass is 9.83. The van der Waals surface area contributed by atoms with Crippen LogP contribution in [0.5, 0.6) is 5.88 Å². The zero-order valence-electron chi connectivity index (χ0n) is 22.3. The first kappa shape index (κ1) is 27.5. The van der Waals surface area contributed by atoms with E-state index in [1.54, 1.807) is 11.8 Å². The number of hydrogen-bond donors (Lipinski definition) is 1. The van der Waals surface area contributed by atoms with E-state index in [1.165, 1.54) is 23.5 Å². The number of nitrogens with zero attached hydrogens (tertiary/aromatic N) is 4. The number of furan rings is 1. The van der Waals surface area contributed by atoms with Gasteiger partial charge >= 0.3 is 0 Å². The topological polar surface area (TPSA) is 133 Å². The highest BCUT2D eigenvalue weighted by atomic mass is 19.1. The summed E-state index contributed by atoms with van der Waals surface area (Å²) in [7, 11) is 0. The third-order valence-corrected chi connectivity index (χ3v) is 7.46. The fraction of sp³-hybridized carbons (Fsp3) is 0.429. The molecule has 2 amide bonds. The first-order valence-corrected chi connectivity index (χ1v) is 13.3. The van der Waals surface area contributed by atoms with Gasteiger partial charge in [-0.2, -0.15) is 14.2 Å². The molecule has 0 saturated carbocycles. The van der Waals surface area contributed by atoms with Gasteiger partial charge in [-0.15, -0.1) is 0 Å². The third kappa shape index (κ3) is 5.63. The highest BCUT2D eigenvalue weighted by Gasteiger charge is 2.40. The molecule has 2 aliphatic rings. The average Bonchev–Trinajstić information content (AvgIpc) is 3.63. The number of halogens is 1. The summed E-state index contributed by atoms with van der Waals surface area (Å²) >= 11 is 0. The molecule has 212 valence electrons. The number of amides is 2. The standard InChI is InChI=1S/C28H32FN5O6/c1-18-22(6-8-33(26(18)36)15-23(35)32-9-12-38-13-10-32)25-24(29)28(34(31-25)27(37)21-7-11-39-17-21)40-16-20-4-2-19(14-30)3-5-20/h2-5,7,11,17-18,22H,6,8-10,12-16,30H2,1H3. The van der Waals surface area contributed by atoms with Crippen LogP contribution < -0.4 is 10.5 Å². The minimum absolute atomic E-state index is 0.0118. The van der Waals surface area contributed by atoms with Gasteiger partial charge in [0.2, 0.25) is 17.6 Å². The van der Waals surface area contributed by atoms with Gasteiger partial charge < -0.3 is 29.4 Å². The summed E-state index contributed by atoms with van der Waals surface area (Å²) in [5, 5.41) is 4.32. The van der Waals surface area contributed by atoms with Crippen molar-refractivity contribution >= 4 is 17.7 Å². The summed E-state index contributed by atoms with van der Waals surface area (Å²) in [5.41, 5.74) is 7.50. The molecule has 2 aromatic heterocycles. The zero-order valence-corrected chi connectivity index (χ0v) is 22.3. The SMILES string of the molecule is CC1C(=O)N(CC(=O)N2CCOCC2)CCC1c1nn(C(=O)c2ccoc2)c(OCc2ccc(CN)cc2)c1F. The molecule has 0 spiro atoms. The van der Waals surface area contributed by atoms with Crippen LogP contribution in [-0.2, 0) is 27.5 Å². The summed E-state index contributed by atoms with van der Waals surface area (Å²) in [6, 6.07) is 8.77. The van der Waals surface area contributed by atoms with Crippen LogP contribution in [0.3, 0.4) is 0 Å². The van der Waals surface area contributed by atoms with Gasteiger partial charge in [0, 0.05) is 38.0 Å². The van der Waals surface area contributed by atoms with E-state index in [4.69, 9.17) is 19.6 Å². The lowest BCUT2D eigenvalue weighted by Gasteiger charge is -2.36. The predicted octanol–water partition coefficient (Wildman–Crippen LogP) is 2.15. The molecule has 2 aliphatic heterocycles. The Hall–Kier alpha value is -4.03. The average molecular weight is 554 g/mol. The Labute approximate surface area is 230 Å². The summed E-state index contributed by atoms with van der Waals surface area (Å²) in [4.78, 5) is 42.4. The largest absolute Gasteiger partial charge is 0.472 e. The number of piperidine rings is 1. The van der Waals surface area contributed by atoms with Crippen molar-refractivity contribution in [2.45, 2.75) is 32.4 Å². The van der Waals surface area contributed by atoms with E-state index in [0.29, 0.717) is 39.3 Å². The number of benzene rings is 1. The van der Waals surface area contributed by atoms with Gasteiger partial charge in [-0.25, -0.2) is 0 Å². The molecule has 0 radical (unpaired) electrons. The Bertz CT molecular complexity index is 1350. The summed E-state index contributed by atoms with van der Waals surface area (Å²) in [6.07, 6.45) is 2.95. The quantitative estimate of drug-likeness (QED) is 0.449. The number of likely N-dealkylation sites (tertiary alicyclic amines) is 1. The highest BCUT2D eigenvalue weighted by molar-refractivity contribution is 5.96. The van der Waals surface area contributed by atoms with Crippen LogP contribution in [0.1, 0.15) is 46.4 Å². The van der Waals surface area contributed by atoms with Crippen molar-refractivity contribution in [2.24, 2.45) is 11.7 Å². The van der Waals surface area contributed by atoms with Gasteiger partial charge in [-0.05, 0) is 23.6 Å². The molecular weight excluding hydrogens is 521 g/mol. The van der Waals surface area contributed by atoms with Gasteiger partial charge in [0.15, 0.2) is 0 Å². The number of carbonyl (C=O) groups is 3. The molecule has 0 aliphatic carbocycles.